The molecule has 2 aliphatic heterocycles. The average molecular weight is 454 g/mol. The van der Waals surface area contributed by atoms with Crippen LogP contribution in [0.2, 0.25) is 0 Å². The van der Waals surface area contributed by atoms with E-state index >= 15 is 0 Å². The first-order valence-electron chi connectivity index (χ1n) is 13.3. The maximum Gasteiger partial charge on any atom is 0.166 e. The highest BCUT2D eigenvalue weighted by Gasteiger charge is 2.70. The van der Waals surface area contributed by atoms with Crippen LogP contribution >= 0.6 is 0 Å². The minimum Gasteiger partial charge on any atom is -0.504 e. The number of fused-ring (bicyclic) bond motifs is 2. The lowest BCUT2D eigenvalue weighted by atomic mass is 9.46. The van der Waals surface area contributed by atoms with Crippen LogP contribution in [0.25, 0.3) is 0 Å². The second-order valence-corrected chi connectivity index (χ2v) is 13.4. The number of rotatable bonds is 3. The lowest BCUT2D eigenvalue weighted by Gasteiger charge is -2.63. The molecule has 1 aromatic carbocycles. The molecule has 1 aromatic rings. The van der Waals surface area contributed by atoms with Gasteiger partial charge in [-0.15, -0.1) is 0 Å². The Hall–Kier alpha value is -1.30. The van der Waals surface area contributed by atoms with Gasteiger partial charge in [0, 0.05) is 35.0 Å². The topological polar surface area (TPSA) is 73.2 Å². The summed E-state index contributed by atoms with van der Waals surface area (Å²) in [6.45, 7) is 10.4. The maximum atomic E-state index is 11.8. The molecule has 0 aromatic heterocycles. The number of benzene rings is 1. The lowest BCUT2D eigenvalue weighted by Crippen LogP contribution is -2.71. The third kappa shape index (κ3) is 2.44. The molecule has 5 heteroatoms. The minimum atomic E-state index is -1.02. The molecule has 0 radical (unpaired) electrons. The number of hydrogen-bond acceptors (Lipinski definition) is 5. The highest BCUT2D eigenvalue weighted by Crippen LogP contribution is 2.67. The molecule has 2 saturated carbocycles. The van der Waals surface area contributed by atoms with E-state index in [2.05, 4.69) is 25.7 Å². The summed E-state index contributed by atoms with van der Waals surface area (Å²) >= 11 is 0. The molecule has 33 heavy (non-hydrogen) atoms. The normalized spacial score (nSPS) is 40.4. The zero-order valence-electron chi connectivity index (χ0n) is 20.5. The summed E-state index contributed by atoms with van der Waals surface area (Å²) in [5.41, 5.74) is 3.50. The monoisotopic (exact) mass is 453 g/mol. The third-order valence-corrected chi connectivity index (χ3v) is 11.1. The predicted molar refractivity (Wildman–Crippen MR) is 126 cm³/mol. The molecule has 1 saturated heterocycles. The molecule has 3 N–H and O–H groups in total. The summed E-state index contributed by atoms with van der Waals surface area (Å²) in [6, 6.07) is 0.434. The lowest BCUT2D eigenvalue weighted by molar-refractivity contribution is -0.198. The van der Waals surface area contributed by atoms with Gasteiger partial charge in [-0.05, 0) is 86.8 Å². The molecule has 1 spiro atoms. The van der Waals surface area contributed by atoms with Gasteiger partial charge in [0.25, 0.3) is 0 Å². The average Bonchev–Trinajstić information content (AvgIpc) is 3.44. The number of hydrogen-bond donors (Lipinski definition) is 3. The Bertz CT molecular complexity index is 1040. The Morgan fingerprint density at radius 1 is 1.09 bits per heavy atom. The van der Waals surface area contributed by atoms with Crippen LogP contribution in [0.4, 0.5) is 0 Å². The van der Waals surface area contributed by atoms with Crippen LogP contribution < -0.4 is 4.74 Å². The van der Waals surface area contributed by atoms with Gasteiger partial charge < -0.3 is 20.1 Å². The second-order valence-electron chi connectivity index (χ2n) is 13.4. The molecule has 7 rings (SSSR count). The molecule has 0 unspecified atom stereocenters. The van der Waals surface area contributed by atoms with Crippen LogP contribution in [-0.2, 0) is 24.7 Å². The first kappa shape index (κ1) is 21.0. The SMILES string of the molecule is CC(C)(C)[C@@](C)(O)[C@H]1C[C@@H]2[C@H]3Cc4c5c(c(O)c6c4[C@@]2(CCN3CC2CC2)[C@@H](O6)[C@H]1O)CC5. The van der Waals surface area contributed by atoms with Crippen LogP contribution in [-0.4, -0.2) is 57.2 Å². The number of piperidine rings is 1. The van der Waals surface area contributed by atoms with E-state index in [0.717, 1.165) is 50.1 Å². The highest BCUT2D eigenvalue weighted by molar-refractivity contribution is 5.69. The van der Waals surface area contributed by atoms with Crippen molar-refractivity contribution < 1.29 is 20.1 Å². The Labute approximate surface area is 197 Å². The molecule has 2 heterocycles. The Morgan fingerprint density at radius 3 is 2.45 bits per heavy atom. The van der Waals surface area contributed by atoms with Crippen LogP contribution in [0.3, 0.4) is 0 Å². The van der Waals surface area contributed by atoms with Gasteiger partial charge in [-0.1, -0.05) is 20.8 Å². The minimum absolute atomic E-state index is 0.236. The number of phenolic OH excluding ortho intramolecular Hbond substituents is 1. The van der Waals surface area contributed by atoms with E-state index in [1.165, 1.54) is 36.1 Å². The highest BCUT2D eigenvalue weighted by atomic mass is 16.5. The number of aromatic hydroxyl groups is 1. The van der Waals surface area contributed by atoms with Crippen LogP contribution in [0.5, 0.6) is 11.5 Å². The summed E-state index contributed by atoms with van der Waals surface area (Å²) < 4.78 is 6.63. The van der Waals surface area contributed by atoms with Crippen LogP contribution in [0.15, 0.2) is 0 Å². The second kappa shape index (κ2) is 6.27. The largest absolute Gasteiger partial charge is 0.504 e. The number of ether oxygens (including phenoxy) is 1. The number of aliphatic hydroxyl groups excluding tert-OH is 1. The molecule has 5 nitrogen and oxygen atoms in total. The number of likely N-dealkylation sites (tertiary alicyclic amines) is 1. The van der Waals surface area contributed by atoms with Crippen molar-refractivity contribution in [3.63, 3.8) is 0 Å². The van der Waals surface area contributed by atoms with E-state index in [9.17, 15) is 15.3 Å². The Kier molecular flexibility index (Phi) is 4.00. The van der Waals surface area contributed by atoms with Gasteiger partial charge in [-0.2, -0.15) is 0 Å². The fourth-order valence-corrected chi connectivity index (χ4v) is 8.48. The van der Waals surface area contributed by atoms with Gasteiger partial charge in [-0.3, -0.25) is 4.90 Å². The van der Waals surface area contributed by atoms with Gasteiger partial charge in [0.15, 0.2) is 11.5 Å². The number of phenols is 1. The zero-order valence-corrected chi connectivity index (χ0v) is 20.5. The van der Waals surface area contributed by atoms with Crippen molar-refractivity contribution in [3.8, 4) is 11.5 Å². The predicted octanol–water partition coefficient (Wildman–Crippen LogP) is 3.32. The van der Waals surface area contributed by atoms with E-state index in [1.807, 2.05) is 6.92 Å². The van der Waals surface area contributed by atoms with Crippen molar-refractivity contribution in [1.82, 2.24) is 4.90 Å². The molecule has 6 aliphatic rings. The third-order valence-electron chi connectivity index (χ3n) is 11.1. The first-order chi connectivity index (χ1) is 15.6. The van der Waals surface area contributed by atoms with Crippen molar-refractivity contribution >= 4 is 0 Å². The molecule has 2 bridgehead atoms. The van der Waals surface area contributed by atoms with Crippen molar-refractivity contribution in [2.75, 3.05) is 13.1 Å². The summed E-state index contributed by atoms with van der Waals surface area (Å²) in [5, 5.41) is 34.8. The fraction of sp³-hybridized carbons (Fsp3) is 0.786. The molecular weight excluding hydrogens is 414 g/mol. The van der Waals surface area contributed by atoms with Crippen LogP contribution in [0.1, 0.15) is 75.6 Å². The van der Waals surface area contributed by atoms with Gasteiger partial charge in [0.2, 0.25) is 0 Å². The van der Waals surface area contributed by atoms with Gasteiger partial charge in [-0.25, -0.2) is 0 Å². The van der Waals surface area contributed by atoms with E-state index in [-0.39, 0.29) is 22.9 Å². The zero-order chi connectivity index (χ0) is 23.1. The number of aliphatic hydroxyl groups is 2. The number of nitrogens with zero attached hydrogens (tertiary/aromatic N) is 1. The quantitative estimate of drug-likeness (QED) is 0.655. The summed E-state index contributed by atoms with van der Waals surface area (Å²) in [5.74, 6) is 1.93. The molecular formula is C28H39NO4. The first-order valence-corrected chi connectivity index (χ1v) is 13.3. The van der Waals surface area contributed by atoms with Crippen LogP contribution in [0, 0.1) is 23.2 Å². The van der Waals surface area contributed by atoms with E-state index in [0.29, 0.717) is 23.5 Å². The van der Waals surface area contributed by atoms with Crippen molar-refractivity contribution in [2.24, 2.45) is 23.2 Å². The van der Waals surface area contributed by atoms with Gasteiger partial charge >= 0.3 is 0 Å². The van der Waals surface area contributed by atoms with Crippen molar-refractivity contribution in [3.05, 3.63) is 22.3 Å². The van der Waals surface area contributed by atoms with Crippen molar-refractivity contribution in [1.29, 1.82) is 0 Å². The van der Waals surface area contributed by atoms with E-state index in [1.54, 1.807) is 0 Å². The smallest absolute Gasteiger partial charge is 0.166 e. The van der Waals surface area contributed by atoms with Gasteiger partial charge in [0.1, 0.15) is 6.10 Å². The molecule has 4 aliphatic carbocycles. The summed E-state index contributed by atoms with van der Waals surface area (Å²) in [4.78, 5) is 2.75. The van der Waals surface area contributed by atoms with E-state index in [4.69, 9.17) is 4.74 Å². The standard InChI is InChI=1S/C28H39NO4/c1-26(2,3)27(4,32)19-12-18-20-11-17-15-7-8-16(15)22(30)24-21(17)28(18,25(33-24)23(19)31)9-10-29(20)13-14-5-6-14/h14,18-20,23,25,30-32H,5-13H2,1-4H3/t18-,19+,20-,23+,25+,27+,28+/m1/s1. The fourth-order valence-electron chi connectivity index (χ4n) is 8.48. The molecule has 7 atom stereocenters. The Morgan fingerprint density at radius 2 is 1.82 bits per heavy atom. The molecule has 3 fully saturated rings. The molecule has 0 amide bonds. The maximum absolute atomic E-state index is 11.8. The van der Waals surface area contributed by atoms with Gasteiger partial charge in [0.05, 0.1) is 11.7 Å². The molecule has 180 valence electrons. The Balaban J connectivity index is 1.41. The van der Waals surface area contributed by atoms with E-state index < -0.39 is 11.7 Å². The summed E-state index contributed by atoms with van der Waals surface area (Å²) in [7, 11) is 0. The summed E-state index contributed by atoms with van der Waals surface area (Å²) in [6.07, 6.45) is 6.37. The van der Waals surface area contributed by atoms with Crippen molar-refractivity contribution in [2.45, 2.75) is 102 Å².